The number of urea groups is 1. The lowest BCUT2D eigenvalue weighted by Gasteiger charge is -2.23. The summed E-state index contributed by atoms with van der Waals surface area (Å²) in [6.45, 7) is 7.60. The van der Waals surface area contributed by atoms with Crippen molar-refractivity contribution in [3.8, 4) is 0 Å². The van der Waals surface area contributed by atoms with E-state index < -0.39 is 0 Å². The van der Waals surface area contributed by atoms with Crippen molar-refractivity contribution in [3.05, 3.63) is 64.6 Å². The third-order valence-corrected chi connectivity index (χ3v) is 3.99. The van der Waals surface area contributed by atoms with Gasteiger partial charge in [-0.1, -0.05) is 45.0 Å². The zero-order chi connectivity index (χ0) is 18.3. The highest BCUT2D eigenvalue weighted by Gasteiger charge is 2.18. The van der Waals surface area contributed by atoms with Gasteiger partial charge in [0.1, 0.15) is 0 Å². The van der Waals surface area contributed by atoms with Crippen molar-refractivity contribution >= 4 is 11.7 Å². The molecule has 0 spiro atoms. The van der Waals surface area contributed by atoms with Gasteiger partial charge in [0.2, 0.25) is 5.56 Å². The molecule has 2 aromatic rings. The SMILES string of the molecule is CC(C)(C)c1ccccc1NC(=O)NCCCCn1ccccc1=O. The van der Waals surface area contributed by atoms with E-state index in [1.807, 2.05) is 30.3 Å². The fourth-order valence-electron chi connectivity index (χ4n) is 2.67. The summed E-state index contributed by atoms with van der Waals surface area (Å²) in [7, 11) is 0. The quantitative estimate of drug-likeness (QED) is 0.786. The van der Waals surface area contributed by atoms with E-state index in [1.54, 1.807) is 22.9 Å². The van der Waals surface area contributed by atoms with Gasteiger partial charge in [0.15, 0.2) is 0 Å². The zero-order valence-electron chi connectivity index (χ0n) is 15.2. The molecule has 1 heterocycles. The predicted molar refractivity (Wildman–Crippen MR) is 102 cm³/mol. The summed E-state index contributed by atoms with van der Waals surface area (Å²) in [4.78, 5) is 23.7. The smallest absolute Gasteiger partial charge is 0.319 e. The molecule has 2 amide bonds. The van der Waals surface area contributed by atoms with Crippen LogP contribution in [0.1, 0.15) is 39.2 Å². The highest BCUT2D eigenvalue weighted by molar-refractivity contribution is 5.90. The molecule has 0 aliphatic rings. The number of carbonyl (C=O) groups excluding carboxylic acids is 1. The van der Waals surface area contributed by atoms with Crippen molar-refractivity contribution in [2.75, 3.05) is 11.9 Å². The van der Waals surface area contributed by atoms with Crippen LogP contribution in [0, 0.1) is 0 Å². The van der Waals surface area contributed by atoms with E-state index in [4.69, 9.17) is 0 Å². The van der Waals surface area contributed by atoms with E-state index >= 15 is 0 Å². The van der Waals surface area contributed by atoms with Crippen LogP contribution in [0.3, 0.4) is 0 Å². The van der Waals surface area contributed by atoms with Crippen molar-refractivity contribution in [2.45, 2.75) is 45.6 Å². The minimum atomic E-state index is -0.200. The number of para-hydroxylation sites is 1. The minimum absolute atomic E-state index is 0.00647. The molecule has 2 N–H and O–H groups in total. The molecule has 0 fully saturated rings. The molecule has 1 aromatic carbocycles. The fourth-order valence-corrected chi connectivity index (χ4v) is 2.67. The number of nitrogens with zero attached hydrogens (tertiary/aromatic N) is 1. The first-order valence-electron chi connectivity index (χ1n) is 8.68. The molecule has 0 bridgehead atoms. The van der Waals surface area contributed by atoms with E-state index in [0.717, 1.165) is 24.1 Å². The molecule has 1 aromatic heterocycles. The highest BCUT2D eigenvalue weighted by atomic mass is 16.2. The van der Waals surface area contributed by atoms with Gasteiger partial charge in [-0.15, -0.1) is 0 Å². The zero-order valence-corrected chi connectivity index (χ0v) is 15.2. The van der Waals surface area contributed by atoms with Crippen LogP contribution in [-0.4, -0.2) is 17.1 Å². The lowest BCUT2D eigenvalue weighted by atomic mass is 9.86. The maximum atomic E-state index is 12.1. The molecule has 25 heavy (non-hydrogen) atoms. The second-order valence-electron chi connectivity index (χ2n) is 7.12. The number of amides is 2. The summed E-state index contributed by atoms with van der Waals surface area (Å²) in [5.41, 5.74) is 1.91. The summed E-state index contributed by atoms with van der Waals surface area (Å²) in [5.74, 6) is 0. The van der Waals surface area contributed by atoms with Crippen molar-refractivity contribution in [1.29, 1.82) is 0 Å². The van der Waals surface area contributed by atoms with Gasteiger partial charge in [0.25, 0.3) is 0 Å². The number of hydrogen-bond donors (Lipinski definition) is 2. The van der Waals surface area contributed by atoms with Crippen LogP contribution in [0.4, 0.5) is 10.5 Å². The number of nitrogens with one attached hydrogen (secondary N) is 2. The number of anilines is 1. The second-order valence-corrected chi connectivity index (χ2v) is 7.12. The Balaban J connectivity index is 1.77. The van der Waals surface area contributed by atoms with Gasteiger partial charge in [0.05, 0.1) is 0 Å². The van der Waals surface area contributed by atoms with Gasteiger partial charge in [0, 0.05) is 31.0 Å². The first-order chi connectivity index (χ1) is 11.9. The molecule has 2 rings (SSSR count). The monoisotopic (exact) mass is 341 g/mol. The van der Waals surface area contributed by atoms with Gasteiger partial charge in [-0.05, 0) is 36.0 Å². The lowest BCUT2D eigenvalue weighted by molar-refractivity contribution is 0.252. The van der Waals surface area contributed by atoms with Crippen molar-refractivity contribution < 1.29 is 4.79 Å². The predicted octanol–water partition coefficient (Wildman–Crippen LogP) is 3.75. The van der Waals surface area contributed by atoms with Crippen molar-refractivity contribution in [1.82, 2.24) is 9.88 Å². The molecular formula is C20H27N3O2. The van der Waals surface area contributed by atoms with Crippen LogP contribution in [0.15, 0.2) is 53.5 Å². The number of rotatable bonds is 6. The molecule has 0 aliphatic heterocycles. The van der Waals surface area contributed by atoms with Crippen LogP contribution in [-0.2, 0) is 12.0 Å². The average molecular weight is 341 g/mol. The molecule has 0 saturated heterocycles. The maximum absolute atomic E-state index is 12.1. The summed E-state index contributed by atoms with van der Waals surface area (Å²) in [5, 5.41) is 5.80. The van der Waals surface area contributed by atoms with Crippen LogP contribution in [0.5, 0.6) is 0 Å². The summed E-state index contributed by atoms with van der Waals surface area (Å²) < 4.78 is 1.68. The van der Waals surface area contributed by atoms with Crippen molar-refractivity contribution in [3.63, 3.8) is 0 Å². The van der Waals surface area contributed by atoms with E-state index in [0.29, 0.717) is 13.1 Å². The third-order valence-electron chi connectivity index (χ3n) is 3.99. The van der Waals surface area contributed by atoms with E-state index in [-0.39, 0.29) is 17.0 Å². The molecule has 0 aliphatic carbocycles. The third kappa shape index (κ3) is 5.78. The molecule has 0 atom stereocenters. The Labute approximate surface area is 149 Å². The number of pyridine rings is 1. The van der Waals surface area contributed by atoms with Gasteiger partial charge in [-0.25, -0.2) is 4.79 Å². The lowest BCUT2D eigenvalue weighted by Crippen LogP contribution is -2.31. The van der Waals surface area contributed by atoms with Gasteiger partial charge < -0.3 is 15.2 Å². The Morgan fingerprint density at radius 2 is 1.76 bits per heavy atom. The first kappa shape index (κ1) is 18.8. The number of unbranched alkanes of at least 4 members (excludes halogenated alkanes) is 1. The number of aromatic nitrogens is 1. The Hall–Kier alpha value is -2.56. The Bertz CT molecular complexity index is 760. The Kier molecular flexibility index (Phi) is 6.39. The second kappa shape index (κ2) is 8.51. The number of carbonyl (C=O) groups is 1. The summed E-state index contributed by atoms with van der Waals surface area (Å²) in [6, 6.07) is 12.8. The Morgan fingerprint density at radius 1 is 1.04 bits per heavy atom. The molecule has 5 heteroatoms. The van der Waals surface area contributed by atoms with Gasteiger partial charge in [-0.2, -0.15) is 0 Å². The van der Waals surface area contributed by atoms with Crippen LogP contribution in [0.2, 0.25) is 0 Å². The normalized spacial score (nSPS) is 11.2. The first-order valence-corrected chi connectivity index (χ1v) is 8.68. The van der Waals surface area contributed by atoms with Crippen LogP contribution in [0.25, 0.3) is 0 Å². The summed E-state index contributed by atoms with van der Waals surface area (Å²) >= 11 is 0. The largest absolute Gasteiger partial charge is 0.338 e. The number of aryl methyl sites for hydroxylation is 1. The average Bonchev–Trinajstić information content (AvgIpc) is 2.55. The van der Waals surface area contributed by atoms with Crippen molar-refractivity contribution in [2.24, 2.45) is 0 Å². The molecular weight excluding hydrogens is 314 g/mol. The fraction of sp³-hybridized carbons (Fsp3) is 0.400. The van der Waals surface area contributed by atoms with E-state index in [1.165, 1.54) is 0 Å². The molecule has 0 radical (unpaired) electrons. The molecule has 134 valence electrons. The van der Waals surface area contributed by atoms with Gasteiger partial charge in [-0.3, -0.25) is 4.79 Å². The van der Waals surface area contributed by atoms with E-state index in [9.17, 15) is 9.59 Å². The van der Waals surface area contributed by atoms with Gasteiger partial charge >= 0.3 is 6.03 Å². The van der Waals surface area contributed by atoms with Crippen LogP contribution >= 0.6 is 0 Å². The maximum Gasteiger partial charge on any atom is 0.319 e. The van der Waals surface area contributed by atoms with Crippen LogP contribution < -0.4 is 16.2 Å². The molecule has 0 unspecified atom stereocenters. The molecule has 5 nitrogen and oxygen atoms in total. The highest BCUT2D eigenvalue weighted by Crippen LogP contribution is 2.29. The topological polar surface area (TPSA) is 63.1 Å². The number of benzene rings is 1. The minimum Gasteiger partial charge on any atom is -0.338 e. The Morgan fingerprint density at radius 3 is 2.48 bits per heavy atom. The summed E-state index contributed by atoms with van der Waals surface area (Å²) in [6.07, 6.45) is 3.43. The standard InChI is InChI=1S/C20H27N3O2/c1-20(2,3)16-10-4-5-11-17(16)22-19(25)21-13-7-9-15-23-14-8-6-12-18(23)24/h4-6,8,10-12,14H,7,9,13,15H2,1-3H3,(H2,21,22,25). The molecule has 0 saturated carbocycles. The van der Waals surface area contributed by atoms with E-state index in [2.05, 4.69) is 31.4 Å². The number of hydrogen-bond acceptors (Lipinski definition) is 2.